The molecule has 0 aliphatic carbocycles. The molecular weight excluding hydrogens is 256 g/mol. The maximum absolute atomic E-state index is 12.3. The number of thioether (sulfide) groups is 1. The topological polar surface area (TPSA) is 49.4 Å². The van der Waals surface area contributed by atoms with Crippen molar-refractivity contribution >= 4 is 21.8 Å². The summed E-state index contributed by atoms with van der Waals surface area (Å²) in [5, 5.41) is 3.26. The van der Waals surface area contributed by atoms with Crippen LogP contribution in [0.25, 0.3) is 0 Å². The highest BCUT2D eigenvalue weighted by molar-refractivity contribution is 8.00. The number of nitrogens with zero attached hydrogens (tertiary/aromatic N) is 1. The van der Waals surface area contributed by atoms with Gasteiger partial charge < -0.3 is 5.32 Å². The molecule has 0 aromatic heterocycles. The van der Waals surface area contributed by atoms with Gasteiger partial charge in [0, 0.05) is 29.6 Å². The van der Waals surface area contributed by atoms with Crippen LogP contribution in [0.3, 0.4) is 0 Å². The molecule has 2 saturated heterocycles. The summed E-state index contributed by atoms with van der Waals surface area (Å²) in [6.07, 6.45) is 2.09. The predicted molar refractivity (Wildman–Crippen MR) is 72.9 cm³/mol. The SMILES string of the molecule is CC1(C)CN(S(=O)(=O)CC2CCCN2)CCS1. The molecule has 6 heteroatoms. The minimum absolute atomic E-state index is 0.0500. The lowest BCUT2D eigenvalue weighted by molar-refractivity contribution is 0.384. The van der Waals surface area contributed by atoms with Crippen molar-refractivity contribution in [2.24, 2.45) is 0 Å². The number of rotatable bonds is 3. The first-order chi connectivity index (χ1) is 7.89. The summed E-state index contributed by atoms with van der Waals surface area (Å²) in [7, 11) is -3.08. The van der Waals surface area contributed by atoms with Gasteiger partial charge in [0.15, 0.2) is 0 Å². The summed E-state index contributed by atoms with van der Waals surface area (Å²) in [4.78, 5) is 0. The molecule has 17 heavy (non-hydrogen) atoms. The van der Waals surface area contributed by atoms with Gasteiger partial charge in [-0.1, -0.05) is 0 Å². The van der Waals surface area contributed by atoms with Crippen LogP contribution in [0, 0.1) is 0 Å². The van der Waals surface area contributed by atoms with Crippen LogP contribution >= 0.6 is 11.8 Å². The highest BCUT2D eigenvalue weighted by Crippen LogP contribution is 2.31. The number of hydrogen-bond donors (Lipinski definition) is 1. The third-order valence-corrected chi connectivity index (χ3v) is 6.58. The molecule has 0 radical (unpaired) electrons. The third-order valence-electron chi connectivity index (χ3n) is 3.36. The second-order valence-corrected chi connectivity index (χ2v) is 9.33. The lowest BCUT2D eigenvalue weighted by atomic mass is 10.2. The van der Waals surface area contributed by atoms with Crippen LogP contribution in [0.2, 0.25) is 0 Å². The van der Waals surface area contributed by atoms with Crippen LogP contribution in [0.1, 0.15) is 26.7 Å². The molecule has 0 aromatic rings. The van der Waals surface area contributed by atoms with Gasteiger partial charge in [0.25, 0.3) is 0 Å². The lowest BCUT2D eigenvalue weighted by Gasteiger charge is -2.37. The molecule has 2 aliphatic rings. The van der Waals surface area contributed by atoms with Crippen molar-refractivity contribution < 1.29 is 8.42 Å². The molecule has 4 nitrogen and oxygen atoms in total. The van der Waals surface area contributed by atoms with Gasteiger partial charge >= 0.3 is 0 Å². The number of sulfonamides is 1. The fourth-order valence-corrected chi connectivity index (χ4v) is 5.67. The zero-order valence-electron chi connectivity index (χ0n) is 10.6. The van der Waals surface area contributed by atoms with Gasteiger partial charge in [-0.3, -0.25) is 0 Å². The van der Waals surface area contributed by atoms with Crippen LogP contribution in [-0.4, -0.2) is 54.7 Å². The van der Waals surface area contributed by atoms with Crippen LogP contribution in [0.4, 0.5) is 0 Å². The van der Waals surface area contributed by atoms with Crippen molar-refractivity contribution in [2.45, 2.75) is 37.5 Å². The van der Waals surface area contributed by atoms with Gasteiger partial charge in [-0.25, -0.2) is 8.42 Å². The molecule has 0 aromatic carbocycles. The molecule has 0 spiro atoms. The normalized spacial score (nSPS) is 30.6. The first-order valence-electron chi connectivity index (χ1n) is 6.24. The van der Waals surface area contributed by atoms with E-state index in [1.54, 1.807) is 4.31 Å². The van der Waals surface area contributed by atoms with Crippen LogP contribution in [0.5, 0.6) is 0 Å². The van der Waals surface area contributed by atoms with Crippen molar-refractivity contribution in [3.63, 3.8) is 0 Å². The molecule has 0 bridgehead atoms. The van der Waals surface area contributed by atoms with Crippen LogP contribution in [-0.2, 0) is 10.0 Å². The van der Waals surface area contributed by atoms with E-state index in [9.17, 15) is 8.42 Å². The van der Waals surface area contributed by atoms with E-state index in [1.165, 1.54) is 0 Å². The smallest absolute Gasteiger partial charge is 0.215 e. The Morgan fingerprint density at radius 1 is 1.47 bits per heavy atom. The zero-order valence-corrected chi connectivity index (χ0v) is 12.2. The van der Waals surface area contributed by atoms with E-state index < -0.39 is 10.0 Å². The maximum atomic E-state index is 12.3. The highest BCUT2D eigenvalue weighted by atomic mass is 32.2. The second kappa shape index (κ2) is 5.07. The van der Waals surface area contributed by atoms with E-state index in [0.29, 0.717) is 13.1 Å². The summed E-state index contributed by atoms with van der Waals surface area (Å²) >= 11 is 1.86. The Bertz CT molecular complexity index is 362. The fraction of sp³-hybridized carbons (Fsp3) is 1.00. The van der Waals surface area contributed by atoms with E-state index in [2.05, 4.69) is 19.2 Å². The molecule has 1 unspecified atom stereocenters. The number of nitrogens with one attached hydrogen (secondary N) is 1. The molecular formula is C11H22N2O2S2. The summed E-state index contributed by atoms with van der Waals surface area (Å²) in [5.41, 5.74) is 0. The molecule has 2 fully saturated rings. The third kappa shape index (κ3) is 3.59. The van der Waals surface area contributed by atoms with Gasteiger partial charge in [-0.15, -0.1) is 0 Å². The molecule has 2 rings (SSSR count). The monoisotopic (exact) mass is 278 g/mol. The van der Waals surface area contributed by atoms with Crippen molar-refractivity contribution in [3.8, 4) is 0 Å². The van der Waals surface area contributed by atoms with E-state index in [0.717, 1.165) is 25.1 Å². The molecule has 1 N–H and O–H groups in total. The quantitative estimate of drug-likeness (QED) is 0.833. The van der Waals surface area contributed by atoms with Crippen LogP contribution < -0.4 is 5.32 Å². The van der Waals surface area contributed by atoms with Gasteiger partial charge in [0.05, 0.1) is 5.75 Å². The Kier molecular flexibility index (Phi) is 4.07. The summed E-state index contributed by atoms with van der Waals surface area (Å²) in [6.45, 7) is 6.51. The Morgan fingerprint density at radius 2 is 2.24 bits per heavy atom. The molecule has 1 atom stereocenters. The zero-order chi connectivity index (χ0) is 12.5. The van der Waals surface area contributed by atoms with Crippen molar-refractivity contribution in [2.75, 3.05) is 31.1 Å². The van der Waals surface area contributed by atoms with E-state index in [4.69, 9.17) is 0 Å². The van der Waals surface area contributed by atoms with Gasteiger partial charge in [-0.05, 0) is 33.2 Å². The van der Waals surface area contributed by atoms with Crippen molar-refractivity contribution in [3.05, 3.63) is 0 Å². The number of hydrogen-bond acceptors (Lipinski definition) is 4. The van der Waals surface area contributed by atoms with E-state index in [1.807, 2.05) is 11.8 Å². The van der Waals surface area contributed by atoms with Gasteiger partial charge in [0.1, 0.15) is 0 Å². The Labute approximate surface area is 109 Å². The average Bonchev–Trinajstić information content (AvgIpc) is 2.68. The summed E-state index contributed by atoms with van der Waals surface area (Å²) in [6, 6.07) is 0.165. The predicted octanol–water partition coefficient (Wildman–Crippen LogP) is 0.896. The Hall–Kier alpha value is 0.220. The van der Waals surface area contributed by atoms with E-state index >= 15 is 0 Å². The van der Waals surface area contributed by atoms with Crippen molar-refractivity contribution in [1.29, 1.82) is 0 Å². The molecule has 0 amide bonds. The fourth-order valence-electron chi connectivity index (χ4n) is 2.47. The average molecular weight is 278 g/mol. The Morgan fingerprint density at radius 3 is 2.82 bits per heavy atom. The standard InChI is InChI=1S/C11H22N2O2S2/c1-11(2)9-13(6-7-16-11)17(14,15)8-10-4-3-5-12-10/h10,12H,3-9H2,1-2H3. The van der Waals surface area contributed by atoms with Gasteiger partial charge in [-0.2, -0.15) is 16.1 Å². The first-order valence-corrected chi connectivity index (χ1v) is 8.84. The first kappa shape index (κ1) is 13.6. The summed E-state index contributed by atoms with van der Waals surface area (Å²) in [5.74, 6) is 1.18. The largest absolute Gasteiger partial charge is 0.313 e. The molecule has 100 valence electrons. The summed E-state index contributed by atoms with van der Waals surface area (Å²) < 4.78 is 26.3. The minimum atomic E-state index is -3.08. The Balaban J connectivity index is 1.99. The lowest BCUT2D eigenvalue weighted by Crippen LogP contribution is -2.48. The maximum Gasteiger partial charge on any atom is 0.215 e. The molecule has 2 aliphatic heterocycles. The molecule has 2 heterocycles. The van der Waals surface area contributed by atoms with E-state index in [-0.39, 0.29) is 16.5 Å². The van der Waals surface area contributed by atoms with Gasteiger partial charge in [0.2, 0.25) is 10.0 Å². The van der Waals surface area contributed by atoms with Crippen molar-refractivity contribution in [1.82, 2.24) is 9.62 Å². The second-order valence-electron chi connectivity index (χ2n) is 5.51. The minimum Gasteiger partial charge on any atom is -0.313 e. The molecule has 0 saturated carbocycles. The van der Waals surface area contributed by atoms with Crippen LogP contribution in [0.15, 0.2) is 0 Å². The highest BCUT2D eigenvalue weighted by Gasteiger charge is 2.35.